The number of para-hydroxylation sites is 1. The van der Waals surface area contributed by atoms with Gasteiger partial charge in [0.25, 0.3) is 5.91 Å². The van der Waals surface area contributed by atoms with Crippen LogP contribution in [-0.4, -0.2) is 77.0 Å². The zero-order valence-electron chi connectivity index (χ0n) is 16.6. The normalized spacial score (nSPS) is 15.6. The molecule has 1 aliphatic heterocycles. The van der Waals surface area contributed by atoms with Crippen molar-refractivity contribution in [1.29, 1.82) is 0 Å². The highest BCUT2D eigenvalue weighted by molar-refractivity contribution is 6.04. The number of amides is 1. The number of hydrogen-bond donors (Lipinski definition) is 2. The minimum Gasteiger partial charge on any atom is -0.478 e. The number of piperazine rings is 1. The average Bonchev–Trinajstić information content (AvgIpc) is 3.17. The molecule has 1 amide bonds. The summed E-state index contributed by atoms with van der Waals surface area (Å²) in [4.78, 5) is 28.7. The number of nitrogens with zero attached hydrogens (tertiary/aromatic N) is 4. The summed E-state index contributed by atoms with van der Waals surface area (Å²) in [6, 6.07) is 10.9. The van der Waals surface area contributed by atoms with Crippen molar-refractivity contribution in [3.63, 3.8) is 0 Å². The molecule has 1 saturated heterocycles. The van der Waals surface area contributed by atoms with Crippen LogP contribution in [0.15, 0.2) is 36.4 Å². The molecule has 0 unspecified atom stereocenters. The van der Waals surface area contributed by atoms with E-state index in [1.165, 1.54) is 0 Å². The van der Waals surface area contributed by atoms with Gasteiger partial charge in [0.2, 0.25) is 5.88 Å². The average molecular weight is 394 g/mol. The molecule has 4 rings (SSSR count). The Balaban J connectivity index is 1.39. The Bertz CT molecular complexity index is 994. The molecule has 0 atom stereocenters. The van der Waals surface area contributed by atoms with Crippen LogP contribution < -0.4 is 10.5 Å². The second-order valence-electron chi connectivity index (χ2n) is 7.36. The summed E-state index contributed by atoms with van der Waals surface area (Å²) in [5.74, 6) is 0.645. The van der Waals surface area contributed by atoms with Gasteiger partial charge in [-0.2, -0.15) is 0 Å². The van der Waals surface area contributed by atoms with Crippen molar-refractivity contribution in [2.24, 2.45) is 5.73 Å². The Hall–Kier alpha value is -2.97. The number of H-pyrrole nitrogens is 1. The van der Waals surface area contributed by atoms with E-state index < -0.39 is 5.91 Å². The van der Waals surface area contributed by atoms with Crippen LogP contribution in [0.2, 0.25) is 0 Å². The number of primary amides is 1. The van der Waals surface area contributed by atoms with E-state index in [1.807, 2.05) is 24.3 Å². The maximum absolute atomic E-state index is 11.6. The van der Waals surface area contributed by atoms with Crippen LogP contribution in [0.4, 0.5) is 0 Å². The summed E-state index contributed by atoms with van der Waals surface area (Å²) < 4.78 is 5.85. The summed E-state index contributed by atoms with van der Waals surface area (Å²) in [5, 5.41) is 0. The fraction of sp³-hybridized carbons (Fsp3) is 0.381. The first kappa shape index (κ1) is 19.4. The third-order valence-electron chi connectivity index (χ3n) is 5.21. The van der Waals surface area contributed by atoms with Crippen molar-refractivity contribution in [3.05, 3.63) is 42.0 Å². The number of benzene rings is 1. The van der Waals surface area contributed by atoms with Gasteiger partial charge in [-0.3, -0.25) is 4.79 Å². The molecule has 0 bridgehead atoms. The topological polar surface area (TPSA) is 100 Å². The molecule has 0 spiro atoms. The summed E-state index contributed by atoms with van der Waals surface area (Å²) in [6.45, 7) is 6.13. The van der Waals surface area contributed by atoms with Crippen LogP contribution in [0.1, 0.15) is 16.8 Å². The maximum atomic E-state index is 11.6. The number of rotatable bonds is 7. The van der Waals surface area contributed by atoms with E-state index in [-0.39, 0.29) is 0 Å². The third-order valence-corrected chi connectivity index (χ3v) is 5.21. The molecule has 152 valence electrons. The molecule has 1 aromatic carbocycles. The first-order chi connectivity index (χ1) is 14.1. The number of nitrogens with one attached hydrogen (secondary N) is 1. The number of pyridine rings is 1. The molecule has 1 aliphatic rings. The van der Waals surface area contributed by atoms with Gasteiger partial charge in [0.15, 0.2) is 5.82 Å². The number of likely N-dealkylation sites (N-methyl/N-ethyl adjacent to an activating group) is 1. The van der Waals surface area contributed by atoms with Crippen molar-refractivity contribution in [2.75, 3.05) is 46.4 Å². The summed E-state index contributed by atoms with van der Waals surface area (Å²) in [5.41, 5.74) is 7.79. The van der Waals surface area contributed by atoms with Crippen molar-refractivity contribution < 1.29 is 9.53 Å². The van der Waals surface area contributed by atoms with Gasteiger partial charge in [-0.1, -0.05) is 12.1 Å². The predicted molar refractivity (Wildman–Crippen MR) is 112 cm³/mol. The highest BCUT2D eigenvalue weighted by Gasteiger charge is 2.14. The SMILES string of the molecule is CN1CCN(CCCOc2cccc(-c3nc4c(C(N)=O)cccc4[nH]3)n2)CC1. The summed E-state index contributed by atoms with van der Waals surface area (Å²) >= 11 is 0. The Morgan fingerprint density at radius 3 is 2.72 bits per heavy atom. The van der Waals surface area contributed by atoms with Crippen LogP contribution in [-0.2, 0) is 0 Å². The van der Waals surface area contributed by atoms with Gasteiger partial charge < -0.3 is 25.3 Å². The smallest absolute Gasteiger partial charge is 0.250 e. The minimum absolute atomic E-state index is 0.390. The van der Waals surface area contributed by atoms with E-state index in [9.17, 15) is 4.79 Å². The Labute approximate surface area is 169 Å². The van der Waals surface area contributed by atoms with Crippen LogP contribution in [0, 0.1) is 0 Å². The lowest BCUT2D eigenvalue weighted by molar-refractivity contribution is 0.100. The van der Waals surface area contributed by atoms with Crippen molar-refractivity contribution in [2.45, 2.75) is 6.42 Å². The fourth-order valence-corrected chi connectivity index (χ4v) is 3.52. The molecule has 1 fully saturated rings. The molecule has 0 radical (unpaired) electrons. The monoisotopic (exact) mass is 394 g/mol. The molecule has 3 aromatic rings. The number of carbonyl (C=O) groups excluding carboxylic acids is 1. The van der Waals surface area contributed by atoms with E-state index in [0.717, 1.165) is 44.7 Å². The summed E-state index contributed by atoms with van der Waals surface area (Å²) in [7, 11) is 2.16. The van der Waals surface area contributed by atoms with Crippen LogP contribution in [0.3, 0.4) is 0 Å². The van der Waals surface area contributed by atoms with Crippen molar-refractivity contribution >= 4 is 16.9 Å². The highest BCUT2D eigenvalue weighted by atomic mass is 16.5. The van der Waals surface area contributed by atoms with E-state index in [4.69, 9.17) is 10.5 Å². The maximum Gasteiger partial charge on any atom is 0.250 e. The number of fused-ring (bicyclic) bond motifs is 1. The second-order valence-corrected chi connectivity index (χ2v) is 7.36. The molecule has 3 N–H and O–H groups in total. The quantitative estimate of drug-likeness (QED) is 0.592. The van der Waals surface area contributed by atoms with Crippen LogP contribution >= 0.6 is 0 Å². The lowest BCUT2D eigenvalue weighted by atomic mass is 10.2. The molecule has 8 nitrogen and oxygen atoms in total. The lowest BCUT2D eigenvalue weighted by Gasteiger charge is -2.32. The number of carbonyl (C=O) groups is 1. The molecular weight excluding hydrogens is 368 g/mol. The number of imidazole rings is 1. The number of nitrogens with two attached hydrogens (primary N) is 1. The fourth-order valence-electron chi connectivity index (χ4n) is 3.52. The molecule has 8 heteroatoms. The Morgan fingerprint density at radius 1 is 1.14 bits per heavy atom. The predicted octanol–water partition coefficient (Wildman–Crippen LogP) is 1.74. The first-order valence-corrected chi connectivity index (χ1v) is 9.90. The molecule has 0 saturated carbocycles. The Morgan fingerprint density at radius 2 is 1.93 bits per heavy atom. The molecule has 3 heterocycles. The second kappa shape index (κ2) is 8.59. The van der Waals surface area contributed by atoms with Crippen molar-refractivity contribution in [1.82, 2.24) is 24.8 Å². The van der Waals surface area contributed by atoms with Gasteiger partial charge in [0.05, 0.1) is 17.7 Å². The van der Waals surface area contributed by atoms with Gasteiger partial charge in [-0.05, 0) is 31.7 Å². The number of aromatic nitrogens is 3. The lowest BCUT2D eigenvalue weighted by Crippen LogP contribution is -2.44. The number of aromatic amines is 1. The summed E-state index contributed by atoms with van der Waals surface area (Å²) in [6.07, 6.45) is 0.961. The van der Waals surface area contributed by atoms with Crippen molar-refractivity contribution in [3.8, 4) is 17.4 Å². The van der Waals surface area contributed by atoms with E-state index in [2.05, 4.69) is 31.8 Å². The number of hydrogen-bond acceptors (Lipinski definition) is 6. The minimum atomic E-state index is -0.501. The molecule has 2 aromatic heterocycles. The molecule has 0 aliphatic carbocycles. The van der Waals surface area contributed by atoms with E-state index >= 15 is 0 Å². The number of ether oxygens (including phenoxy) is 1. The van der Waals surface area contributed by atoms with Gasteiger partial charge >= 0.3 is 0 Å². The van der Waals surface area contributed by atoms with E-state index in [0.29, 0.717) is 35.1 Å². The van der Waals surface area contributed by atoms with E-state index in [1.54, 1.807) is 12.1 Å². The largest absolute Gasteiger partial charge is 0.478 e. The first-order valence-electron chi connectivity index (χ1n) is 9.90. The Kier molecular flexibility index (Phi) is 5.73. The van der Waals surface area contributed by atoms with Gasteiger partial charge in [-0.25, -0.2) is 9.97 Å². The van der Waals surface area contributed by atoms with Gasteiger partial charge in [0.1, 0.15) is 11.2 Å². The zero-order valence-corrected chi connectivity index (χ0v) is 16.6. The highest BCUT2D eigenvalue weighted by Crippen LogP contribution is 2.23. The van der Waals surface area contributed by atoms with Gasteiger partial charge in [0, 0.05) is 38.8 Å². The zero-order chi connectivity index (χ0) is 20.2. The van der Waals surface area contributed by atoms with Gasteiger partial charge in [-0.15, -0.1) is 0 Å². The molecule has 29 heavy (non-hydrogen) atoms. The third kappa shape index (κ3) is 4.55. The van der Waals surface area contributed by atoms with Crippen LogP contribution in [0.5, 0.6) is 5.88 Å². The standard InChI is InChI=1S/C21H26N6O2/c1-26-10-12-27(13-11-26)9-4-14-29-18-8-3-7-17(23-18)21-24-16-6-2-5-15(20(22)28)19(16)25-21/h2-3,5-8H,4,9-14H2,1H3,(H2,22,28)(H,24,25). The van der Waals surface area contributed by atoms with Crippen LogP contribution in [0.25, 0.3) is 22.6 Å². The molecular formula is C21H26N6O2.